The number of carboxylic acids is 1. The van der Waals surface area contributed by atoms with Crippen LogP contribution in [0.2, 0.25) is 0 Å². The maximum absolute atomic E-state index is 11.5. The molecule has 0 spiro atoms. The summed E-state index contributed by atoms with van der Waals surface area (Å²) in [6.07, 6.45) is 5.76. The van der Waals surface area contributed by atoms with E-state index in [0.717, 1.165) is 24.1 Å². The van der Waals surface area contributed by atoms with E-state index in [9.17, 15) is 9.90 Å². The molecular weight excluding hydrogens is 286 g/mol. The Labute approximate surface area is 135 Å². The summed E-state index contributed by atoms with van der Waals surface area (Å²) in [6.45, 7) is 1.91. The molecule has 0 bridgehead atoms. The Morgan fingerprint density at radius 3 is 2.74 bits per heavy atom. The Morgan fingerprint density at radius 2 is 1.91 bits per heavy atom. The van der Waals surface area contributed by atoms with Gasteiger partial charge in [0.1, 0.15) is 0 Å². The molecule has 3 nitrogen and oxygen atoms in total. The van der Waals surface area contributed by atoms with Crippen LogP contribution in [0.5, 0.6) is 0 Å². The minimum atomic E-state index is -0.865. The van der Waals surface area contributed by atoms with Gasteiger partial charge in [-0.15, -0.1) is 0 Å². The number of nitrogens with zero attached hydrogens (tertiary/aromatic N) is 1. The minimum absolute atomic E-state index is 0.323. The van der Waals surface area contributed by atoms with Crippen molar-refractivity contribution in [3.8, 4) is 0 Å². The Bertz CT molecular complexity index is 822. The van der Waals surface area contributed by atoms with Crippen LogP contribution in [0.15, 0.2) is 48.5 Å². The van der Waals surface area contributed by atoms with Crippen LogP contribution in [-0.4, -0.2) is 17.1 Å². The number of para-hydroxylation sites is 1. The topological polar surface area (TPSA) is 40.5 Å². The van der Waals surface area contributed by atoms with Gasteiger partial charge in [-0.25, -0.2) is 4.79 Å². The normalized spacial score (nSPS) is 19.1. The second-order valence-corrected chi connectivity index (χ2v) is 6.25. The highest BCUT2D eigenvalue weighted by atomic mass is 16.4. The van der Waals surface area contributed by atoms with Crippen LogP contribution in [0.1, 0.15) is 40.7 Å². The fourth-order valence-electron chi connectivity index (χ4n) is 3.93. The van der Waals surface area contributed by atoms with Gasteiger partial charge >= 0.3 is 5.97 Å². The number of hydrogen-bond acceptors (Lipinski definition) is 2. The lowest BCUT2D eigenvalue weighted by Gasteiger charge is -2.31. The largest absolute Gasteiger partial charge is 0.478 e. The van der Waals surface area contributed by atoms with Crippen LogP contribution in [0.3, 0.4) is 0 Å². The van der Waals surface area contributed by atoms with Crippen molar-refractivity contribution in [3.63, 3.8) is 0 Å². The first-order valence-corrected chi connectivity index (χ1v) is 8.10. The average molecular weight is 305 g/mol. The van der Waals surface area contributed by atoms with Crippen molar-refractivity contribution in [2.45, 2.75) is 32.2 Å². The molecule has 0 amide bonds. The second kappa shape index (κ2) is 5.27. The van der Waals surface area contributed by atoms with Crippen molar-refractivity contribution in [3.05, 3.63) is 65.2 Å². The zero-order chi connectivity index (χ0) is 16.0. The summed E-state index contributed by atoms with van der Waals surface area (Å²) in [7, 11) is 0. The highest BCUT2D eigenvalue weighted by Crippen LogP contribution is 2.49. The number of rotatable bonds is 2. The summed E-state index contributed by atoms with van der Waals surface area (Å²) in [6, 6.07) is 14.3. The van der Waals surface area contributed by atoms with Crippen LogP contribution in [0.25, 0.3) is 5.57 Å². The van der Waals surface area contributed by atoms with E-state index < -0.39 is 5.97 Å². The van der Waals surface area contributed by atoms with Gasteiger partial charge in [0.15, 0.2) is 0 Å². The molecule has 1 aliphatic carbocycles. The third-order valence-electron chi connectivity index (χ3n) is 4.99. The van der Waals surface area contributed by atoms with Crippen LogP contribution in [-0.2, 0) is 0 Å². The zero-order valence-corrected chi connectivity index (χ0v) is 13.1. The van der Waals surface area contributed by atoms with Gasteiger partial charge in [0, 0.05) is 16.9 Å². The summed E-state index contributed by atoms with van der Waals surface area (Å²) in [5.74, 6) is -0.865. The summed E-state index contributed by atoms with van der Waals surface area (Å²) in [4.78, 5) is 13.8. The second-order valence-electron chi connectivity index (χ2n) is 6.25. The van der Waals surface area contributed by atoms with Gasteiger partial charge in [-0.2, -0.15) is 0 Å². The predicted molar refractivity (Wildman–Crippen MR) is 92.3 cm³/mol. The number of allylic oxidation sites excluding steroid dienone is 1. The van der Waals surface area contributed by atoms with Gasteiger partial charge in [-0.3, -0.25) is 0 Å². The fourth-order valence-corrected chi connectivity index (χ4v) is 3.93. The lowest BCUT2D eigenvalue weighted by Crippen LogP contribution is -2.29. The van der Waals surface area contributed by atoms with Gasteiger partial charge in [0.05, 0.1) is 11.6 Å². The monoisotopic (exact) mass is 305 g/mol. The number of fused-ring (bicyclic) bond motifs is 3. The third kappa shape index (κ3) is 2.07. The molecule has 2 aliphatic rings. The van der Waals surface area contributed by atoms with E-state index >= 15 is 0 Å². The van der Waals surface area contributed by atoms with E-state index in [1.807, 2.05) is 19.1 Å². The molecule has 1 heterocycles. The van der Waals surface area contributed by atoms with E-state index in [2.05, 4.69) is 35.2 Å². The van der Waals surface area contributed by atoms with Crippen molar-refractivity contribution in [2.75, 3.05) is 4.90 Å². The average Bonchev–Trinajstić information content (AvgIpc) is 2.89. The lowest BCUT2D eigenvalue weighted by atomic mass is 9.91. The molecule has 0 saturated heterocycles. The van der Waals surface area contributed by atoms with Gasteiger partial charge in [-0.05, 0) is 55.5 Å². The van der Waals surface area contributed by atoms with E-state index in [1.54, 1.807) is 6.07 Å². The van der Waals surface area contributed by atoms with Crippen LogP contribution in [0.4, 0.5) is 11.4 Å². The standard InChI is InChI=1S/C20H19NO2/c1-13-14(20(22)23)9-6-12-17(13)21-18-10-4-2-7-15(18)16-8-3-5-11-19(16)21/h2,4,6-10,12,19H,3,5,11H2,1H3,(H,22,23). The Kier molecular flexibility index (Phi) is 3.22. The van der Waals surface area contributed by atoms with Gasteiger partial charge in [0.2, 0.25) is 0 Å². The molecule has 1 unspecified atom stereocenters. The third-order valence-corrected chi connectivity index (χ3v) is 4.99. The Balaban J connectivity index is 1.92. The quantitative estimate of drug-likeness (QED) is 0.868. The van der Waals surface area contributed by atoms with Crippen LogP contribution >= 0.6 is 0 Å². The molecule has 4 rings (SSSR count). The molecule has 1 atom stereocenters. The predicted octanol–water partition coefficient (Wildman–Crippen LogP) is 4.78. The molecule has 3 heteroatoms. The van der Waals surface area contributed by atoms with Crippen LogP contribution in [0, 0.1) is 6.92 Å². The number of carboxylic acid groups (broad SMARTS) is 1. The van der Waals surface area contributed by atoms with E-state index in [-0.39, 0.29) is 0 Å². The van der Waals surface area contributed by atoms with Gasteiger partial charge in [-0.1, -0.05) is 30.3 Å². The van der Waals surface area contributed by atoms with Gasteiger partial charge in [0.25, 0.3) is 0 Å². The highest BCUT2D eigenvalue weighted by Gasteiger charge is 2.36. The molecule has 116 valence electrons. The van der Waals surface area contributed by atoms with Crippen molar-refractivity contribution in [1.82, 2.24) is 0 Å². The van der Waals surface area contributed by atoms with Crippen molar-refractivity contribution in [2.24, 2.45) is 0 Å². The zero-order valence-electron chi connectivity index (χ0n) is 13.1. The first-order chi connectivity index (χ1) is 11.2. The molecule has 0 aromatic heterocycles. The number of anilines is 2. The molecule has 0 saturated carbocycles. The lowest BCUT2D eigenvalue weighted by molar-refractivity contribution is 0.0696. The van der Waals surface area contributed by atoms with Crippen molar-refractivity contribution in [1.29, 1.82) is 0 Å². The smallest absolute Gasteiger partial charge is 0.336 e. The molecule has 1 aliphatic heterocycles. The summed E-state index contributed by atoms with van der Waals surface area (Å²) in [5.41, 5.74) is 6.10. The summed E-state index contributed by atoms with van der Waals surface area (Å²) in [5, 5.41) is 9.43. The van der Waals surface area contributed by atoms with Crippen LogP contribution < -0.4 is 4.90 Å². The Hall–Kier alpha value is -2.55. The first kappa shape index (κ1) is 14.1. The first-order valence-electron chi connectivity index (χ1n) is 8.10. The number of carbonyl (C=O) groups is 1. The van der Waals surface area contributed by atoms with E-state index in [1.165, 1.54) is 23.2 Å². The van der Waals surface area contributed by atoms with Gasteiger partial charge < -0.3 is 10.0 Å². The van der Waals surface area contributed by atoms with Crippen molar-refractivity contribution >= 4 is 22.9 Å². The minimum Gasteiger partial charge on any atom is -0.478 e. The summed E-state index contributed by atoms with van der Waals surface area (Å²) < 4.78 is 0. The maximum Gasteiger partial charge on any atom is 0.336 e. The SMILES string of the molecule is Cc1c(C(=O)O)cccc1N1c2ccccc2C2=CCCCC21. The molecule has 0 fully saturated rings. The molecule has 0 radical (unpaired) electrons. The van der Waals surface area contributed by atoms with E-state index in [0.29, 0.717) is 11.6 Å². The Morgan fingerprint density at radius 1 is 1.13 bits per heavy atom. The highest BCUT2D eigenvalue weighted by molar-refractivity contribution is 5.96. The molecule has 1 N–H and O–H groups in total. The number of hydrogen-bond donors (Lipinski definition) is 1. The maximum atomic E-state index is 11.5. The number of aromatic carboxylic acids is 1. The number of benzene rings is 2. The summed E-state index contributed by atoms with van der Waals surface area (Å²) >= 11 is 0. The fraction of sp³-hybridized carbons (Fsp3) is 0.250. The molecule has 2 aromatic rings. The van der Waals surface area contributed by atoms with E-state index in [4.69, 9.17) is 0 Å². The van der Waals surface area contributed by atoms with Crippen molar-refractivity contribution < 1.29 is 9.90 Å². The molecule has 2 aromatic carbocycles. The molecular formula is C20H19NO2. The molecule has 23 heavy (non-hydrogen) atoms.